The number of halogens is 1. The maximum atomic E-state index is 14.4. The molecule has 2 fully saturated rings. The summed E-state index contributed by atoms with van der Waals surface area (Å²) in [6.45, 7) is 7.31. The number of ether oxygens (including phenoxy) is 1. The zero-order valence-electron chi connectivity index (χ0n) is 24.6. The van der Waals surface area contributed by atoms with Crippen molar-refractivity contribution in [2.24, 2.45) is 0 Å². The summed E-state index contributed by atoms with van der Waals surface area (Å²) in [6.07, 6.45) is 2.61. The molecule has 0 saturated carbocycles. The second kappa shape index (κ2) is 11.6. The van der Waals surface area contributed by atoms with Crippen molar-refractivity contribution in [3.63, 3.8) is 0 Å². The molecule has 3 aromatic carbocycles. The molecule has 0 unspecified atom stereocenters. The van der Waals surface area contributed by atoms with E-state index in [2.05, 4.69) is 28.2 Å². The van der Waals surface area contributed by atoms with E-state index in [0.29, 0.717) is 37.3 Å². The molecular formula is C33H35FN6O3. The zero-order valence-corrected chi connectivity index (χ0v) is 24.6. The van der Waals surface area contributed by atoms with Gasteiger partial charge in [-0.05, 0) is 81.6 Å². The summed E-state index contributed by atoms with van der Waals surface area (Å²) in [5, 5.41) is 8.43. The lowest BCUT2D eigenvalue weighted by atomic mass is 9.81. The zero-order chi connectivity index (χ0) is 30.1. The number of imide groups is 1. The van der Waals surface area contributed by atoms with Crippen LogP contribution in [0.15, 0.2) is 85.1 Å². The average molecular weight is 583 g/mol. The van der Waals surface area contributed by atoms with E-state index >= 15 is 0 Å². The van der Waals surface area contributed by atoms with Gasteiger partial charge in [0.15, 0.2) is 0 Å². The molecule has 0 N–H and O–H groups in total. The van der Waals surface area contributed by atoms with E-state index < -0.39 is 17.4 Å². The highest BCUT2D eigenvalue weighted by atomic mass is 19.1. The highest BCUT2D eigenvalue weighted by Crippen LogP contribution is 2.43. The first-order valence-corrected chi connectivity index (χ1v) is 14.6. The fraction of sp³-hybridized carbons (Fsp3) is 0.333. The number of urea groups is 1. The number of carbonyl (C=O) groups excluding carboxylic acids is 2. The Balaban J connectivity index is 1.27. The lowest BCUT2D eigenvalue weighted by Crippen LogP contribution is -2.59. The van der Waals surface area contributed by atoms with Gasteiger partial charge in [-0.3, -0.25) is 19.5 Å². The Kier molecular flexibility index (Phi) is 7.70. The number of para-hydroxylation sites is 1. The van der Waals surface area contributed by atoms with E-state index in [0.717, 1.165) is 17.0 Å². The Bertz CT molecular complexity index is 1630. The molecular weight excluding hydrogens is 547 g/mol. The van der Waals surface area contributed by atoms with Gasteiger partial charge in [0, 0.05) is 24.8 Å². The van der Waals surface area contributed by atoms with E-state index in [1.54, 1.807) is 23.0 Å². The summed E-state index contributed by atoms with van der Waals surface area (Å²) in [7, 11) is 0. The van der Waals surface area contributed by atoms with Gasteiger partial charge in [0.1, 0.15) is 22.8 Å². The first-order valence-electron chi connectivity index (χ1n) is 14.6. The van der Waals surface area contributed by atoms with Gasteiger partial charge in [-0.25, -0.2) is 13.9 Å². The number of nitrogens with zero attached hydrogens (tertiary/aromatic N) is 6. The molecule has 2 saturated heterocycles. The van der Waals surface area contributed by atoms with Crippen molar-refractivity contribution in [2.45, 2.75) is 64.4 Å². The summed E-state index contributed by atoms with van der Waals surface area (Å²) in [5.41, 5.74) is 1.64. The number of amides is 3. The quantitative estimate of drug-likeness (QED) is 0.252. The van der Waals surface area contributed by atoms with Crippen LogP contribution in [0.4, 0.5) is 14.9 Å². The Morgan fingerprint density at radius 2 is 1.74 bits per heavy atom. The molecule has 10 heteroatoms. The topological polar surface area (TPSA) is 83.8 Å². The summed E-state index contributed by atoms with van der Waals surface area (Å²) >= 11 is 0. The molecule has 2 aliphatic rings. The van der Waals surface area contributed by atoms with Gasteiger partial charge < -0.3 is 4.74 Å². The van der Waals surface area contributed by atoms with Gasteiger partial charge in [-0.15, -0.1) is 5.10 Å². The monoisotopic (exact) mass is 582 g/mol. The number of piperidine rings is 1. The Hall–Kier alpha value is -4.57. The molecule has 0 bridgehead atoms. The van der Waals surface area contributed by atoms with Gasteiger partial charge in [-0.2, -0.15) is 0 Å². The lowest BCUT2D eigenvalue weighted by molar-refractivity contribution is -0.133. The van der Waals surface area contributed by atoms with E-state index in [1.165, 1.54) is 21.9 Å². The minimum absolute atomic E-state index is 0.0290. The molecule has 1 aromatic heterocycles. The van der Waals surface area contributed by atoms with Crippen LogP contribution in [0, 0.1) is 5.82 Å². The van der Waals surface area contributed by atoms with Crippen molar-refractivity contribution in [2.75, 3.05) is 11.4 Å². The minimum atomic E-state index is -1.14. The molecule has 43 heavy (non-hydrogen) atoms. The minimum Gasteiger partial charge on any atom is -0.491 e. The fourth-order valence-corrected chi connectivity index (χ4v) is 6.21. The number of aromatic nitrogens is 3. The van der Waals surface area contributed by atoms with Crippen LogP contribution in [-0.4, -0.2) is 61.0 Å². The molecule has 9 nitrogen and oxygen atoms in total. The van der Waals surface area contributed by atoms with E-state index in [9.17, 15) is 14.0 Å². The maximum absolute atomic E-state index is 14.4. The normalized spacial score (nSPS) is 20.9. The largest absolute Gasteiger partial charge is 0.491 e. The number of benzene rings is 3. The first-order chi connectivity index (χ1) is 20.7. The van der Waals surface area contributed by atoms with Crippen molar-refractivity contribution in [1.82, 2.24) is 24.8 Å². The molecule has 3 amide bonds. The number of carbonyl (C=O) groups is 2. The molecule has 2 atom stereocenters. The highest BCUT2D eigenvalue weighted by Gasteiger charge is 2.60. The molecule has 1 spiro atoms. The molecule has 3 heterocycles. The Morgan fingerprint density at radius 3 is 2.49 bits per heavy atom. The summed E-state index contributed by atoms with van der Waals surface area (Å²) in [5.74, 6) is 0.0586. The van der Waals surface area contributed by atoms with E-state index in [1.807, 2.05) is 62.4 Å². The van der Waals surface area contributed by atoms with Gasteiger partial charge >= 0.3 is 6.03 Å². The van der Waals surface area contributed by atoms with E-state index in [4.69, 9.17) is 4.74 Å². The summed E-state index contributed by atoms with van der Waals surface area (Å²) in [4.78, 5) is 33.3. The molecule has 6 rings (SSSR count). The van der Waals surface area contributed by atoms with Gasteiger partial charge in [0.25, 0.3) is 5.91 Å². The third kappa shape index (κ3) is 5.62. The predicted molar refractivity (Wildman–Crippen MR) is 160 cm³/mol. The van der Waals surface area contributed by atoms with Crippen LogP contribution in [-0.2, 0) is 17.9 Å². The molecule has 0 radical (unpaired) electrons. The third-order valence-corrected chi connectivity index (χ3v) is 8.17. The number of anilines is 1. The number of hydrogen-bond acceptors (Lipinski definition) is 6. The second-order valence-electron chi connectivity index (χ2n) is 11.6. The van der Waals surface area contributed by atoms with Gasteiger partial charge in [0.05, 0.1) is 24.5 Å². The smallest absolute Gasteiger partial charge is 0.332 e. The second-order valence-corrected chi connectivity index (χ2v) is 11.6. The standard InChI is InChI=1S/C33H35FN6O3/c1-23(2)43-30-14-7-9-25(17-30)20-37-16-15-33(19-24(37)3)31(41)38(32(42)40(33)29-13-8-10-26(34)18-29)21-27-22-39(36-35-27)28-11-5-4-6-12-28/h4-14,17-18,22-24H,15-16,19-21H2,1-3H3/t24-,33+/m0/s1. The van der Waals surface area contributed by atoms with Crippen LogP contribution in [0.1, 0.15) is 44.9 Å². The van der Waals surface area contributed by atoms with Crippen LogP contribution in [0.3, 0.4) is 0 Å². The molecule has 0 aliphatic carbocycles. The van der Waals surface area contributed by atoms with Crippen LogP contribution in [0.25, 0.3) is 5.69 Å². The average Bonchev–Trinajstić information content (AvgIpc) is 3.53. The van der Waals surface area contributed by atoms with E-state index in [-0.39, 0.29) is 24.6 Å². The van der Waals surface area contributed by atoms with Crippen LogP contribution in [0.5, 0.6) is 5.75 Å². The molecule has 222 valence electrons. The Labute approximate surface area is 250 Å². The van der Waals surface area contributed by atoms with Gasteiger partial charge in [-0.1, -0.05) is 41.6 Å². The number of rotatable bonds is 8. The Morgan fingerprint density at radius 1 is 0.977 bits per heavy atom. The number of likely N-dealkylation sites (tertiary alicyclic amines) is 1. The van der Waals surface area contributed by atoms with Crippen LogP contribution < -0.4 is 9.64 Å². The molecule has 4 aromatic rings. The van der Waals surface area contributed by atoms with Crippen molar-refractivity contribution < 1.29 is 18.7 Å². The van der Waals surface area contributed by atoms with Crippen LogP contribution >= 0.6 is 0 Å². The maximum Gasteiger partial charge on any atom is 0.332 e. The third-order valence-electron chi connectivity index (χ3n) is 8.17. The number of hydrogen-bond donors (Lipinski definition) is 0. The van der Waals surface area contributed by atoms with Crippen molar-refractivity contribution in [1.29, 1.82) is 0 Å². The SMILES string of the molecule is CC(C)Oc1cccc(CN2CC[C@@]3(C[C@@H]2C)C(=O)N(Cc2cn(-c4ccccc4)nn2)C(=O)N3c2cccc(F)c2)c1. The van der Waals surface area contributed by atoms with Crippen molar-refractivity contribution >= 4 is 17.6 Å². The van der Waals surface area contributed by atoms with Crippen LogP contribution in [0.2, 0.25) is 0 Å². The lowest BCUT2D eigenvalue weighted by Gasteiger charge is -2.45. The first kappa shape index (κ1) is 28.5. The highest BCUT2D eigenvalue weighted by molar-refractivity contribution is 6.16. The summed E-state index contributed by atoms with van der Waals surface area (Å²) < 4.78 is 21.9. The van der Waals surface area contributed by atoms with Gasteiger partial charge in [0.2, 0.25) is 0 Å². The predicted octanol–water partition coefficient (Wildman–Crippen LogP) is 5.59. The fourth-order valence-electron chi connectivity index (χ4n) is 6.21. The molecule has 2 aliphatic heterocycles. The van der Waals surface area contributed by atoms with Crippen molar-refractivity contribution in [3.05, 3.63) is 102 Å². The summed E-state index contributed by atoms with van der Waals surface area (Å²) in [6, 6.07) is 22.9. The van der Waals surface area contributed by atoms with Crippen molar-refractivity contribution in [3.8, 4) is 11.4 Å².